The van der Waals surface area contributed by atoms with Crippen LogP contribution in [0, 0.1) is 12.3 Å². The molecule has 1 amide bonds. The van der Waals surface area contributed by atoms with Crippen LogP contribution in [0.5, 0.6) is 0 Å². The zero-order valence-corrected chi connectivity index (χ0v) is 13.0. The third-order valence-corrected chi connectivity index (χ3v) is 3.91. The molecule has 1 aliphatic rings. The van der Waals surface area contributed by atoms with Crippen molar-refractivity contribution in [3.8, 4) is 0 Å². The van der Waals surface area contributed by atoms with Gasteiger partial charge in [0.05, 0.1) is 6.04 Å². The topological polar surface area (TPSA) is 46.3 Å². The molecule has 1 aromatic rings. The zero-order valence-electron chi connectivity index (χ0n) is 13.0. The highest BCUT2D eigenvalue weighted by Crippen LogP contribution is 2.31. The molecule has 1 atom stereocenters. The Morgan fingerprint density at radius 3 is 2.55 bits per heavy atom. The molecule has 110 valence electrons. The van der Waals surface area contributed by atoms with Crippen LogP contribution in [0.25, 0.3) is 0 Å². The molecule has 20 heavy (non-hydrogen) atoms. The first-order valence-electron chi connectivity index (χ1n) is 7.40. The maximum atomic E-state index is 12.7. The molecule has 2 rings (SSSR count). The maximum absolute atomic E-state index is 12.7. The summed E-state index contributed by atoms with van der Waals surface area (Å²) in [6.45, 7) is 8.82. The minimum Gasteiger partial charge on any atom is -0.334 e. The smallest absolute Gasteiger partial charge is 0.240 e. The van der Waals surface area contributed by atoms with E-state index in [1.807, 2.05) is 31.7 Å². The molecule has 0 aliphatic heterocycles. The molecular weight excluding hydrogens is 248 g/mol. The average Bonchev–Trinajstić information content (AvgIpc) is 3.17. The minimum absolute atomic E-state index is 0.0847. The van der Waals surface area contributed by atoms with Gasteiger partial charge in [-0.05, 0) is 30.7 Å². The summed E-state index contributed by atoms with van der Waals surface area (Å²) in [5, 5.41) is 0. The van der Waals surface area contributed by atoms with E-state index in [9.17, 15) is 4.79 Å². The monoisotopic (exact) mass is 274 g/mol. The van der Waals surface area contributed by atoms with E-state index in [1.165, 1.54) is 11.1 Å². The second-order valence-corrected chi connectivity index (χ2v) is 7.03. The zero-order chi connectivity index (χ0) is 14.9. The molecule has 3 nitrogen and oxygen atoms in total. The van der Waals surface area contributed by atoms with Crippen molar-refractivity contribution in [3.63, 3.8) is 0 Å². The number of rotatable bonds is 4. The molecule has 0 heterocycles. The Morgan fingerprint density at radius 1 is 1.40 bits per heavy atom. The van der Waals surface area contributed by atoms with Crippen molar-refractivity contribution in [2.24, 2.45) is 11.1 Å². The molecule has 0 unspecified atom stereocenters. The fourth-order valence-electron chi connectivity index (χ4n) is 2.33. The number of carbonyl (C=O) groups excluding carboxylic acids is 1. The molecule has 3 heteroatoms. The number of hydrogen-bond donors (Lipinski definition) is 1. The summed E-state index contributed by atoms with van der Waals surface area (Å²) < 4.78 is 0. The lowest BCUT2D eigenvalue weighted by molar-refractivity contribution is -0.136. The van der Waals surface area contributed by atoms with Crippen LogP contribution in [-0.2, 0) is 11.3 Å². The second kappa shape index (κ2) is 5.57. The van der Waals surface area contributed by atoms with Crippen molar-refractivity contribution < 1.29 is 4.79 Å². The van der Waals surface area contributed by atoms with Crippen molar-refractivity contribution in [2.45, 2.75) is 59.2 Å². The van der Waals surface area contributed by atoms with E-state index in [1.54, 1.807) is 0 Å². The summed E-state index contributed by atoms with van der Waals surface area (Å²) in [5.41, 5.74) is 8.37. The predicted octanol–water partition coefficient (Wildman–Crippen LogP) is 2.86. The number of aryl methyl sites for hydroxylation is 1. The van der Waals surface area contributed by atoms with E-state index in [2.05, 4.69) is 25.1 Å². The molecule has 1 aromatic carbocycles. The quantitative estimate of drug-likeness (QED) is 0.917. The van der Waals surface area contributed by atoms with Gasteiger partial charge in [0.1, 0.15) is 0 Å². The van der Waals surface area contributed by atoms with E-state index in [0.29, 0.717) is 12.6 Å². The minimum atomic E-state index is -0.437. The molecular formula is C17H26N2O. The van der Waals surface area contributed by atoms with Crippen molar-refractivity contribution in [1.29, 1.82) is 0 Å². The Morgan fingerprint density at radius 2 is 2.05 bits per heavy atom. The Labute approximate surface area is 122 Å². The molecule has 1 fully saturated rings. The third-order valence-electron chi connectivity index (χ3n) is 3.91. The second-order valence-electron chi connectivity index (χ2n) is 7.03. The summed E-state index contributed by atoms with van der Waals surface area (Å²) >= 11 is 0. The lowest BCUT2D eigenvalue weighted by atomic mass is 9.86. The van der Waals surface area contributed by atoms with Crippen molar-refractivity contribution in [3.05, 3.63) is 35.4 Å². The van der Waals surface area contributed by atoms with E-state index in [-0.39, 0.29) is 11.3 Å². The fraction of sp³-hybridized carbons (Fsp3) is 0.588. The highest BCUT2D eigenvalue weighted by Gasteiger charge is 2.38. The van der Waals surface area contributed by atoms with E-state index in [0.717, 1.165) is 12.8 Å². The summed E-state index contributed by atoms with van der Waals surface area (Å²) in [6, 6.07) is 8.30. The van der Waals surface area contributed by atoms with Crippen LogP contribution in [0.1, 0.15) is 44.7 Å². The van der Waals surface area contributed by atoms with Crippen LogP contribution >= 0.6 is 0 Å². The Hall–Kier alpha value is -1.35. The number of hydrogen-bond acceptors (Lipinski definition) is 2. The molecule has 0 spiro atoms. The van der Waals surface area contributed by atoms with Crippen LogP contribution in [0.4, 0.5) is 0 Å². The van der Waals surface area contributed by atoms with Gasteiger partial charge in [-0.15, -0.1) is 0 Å². The van der Waals surface area contributed by atoms with Gasteiger partial charge in [0.25, 0.3) is 0 Å². The Kier molecular flexibility index (Phi) is 4.19. The summed E-state index contributed by atoms with van der Waals surface area (Å²) in [6.07, 6.45) is 2.21. The van der Waals surface area contributed by atoms with Gasteiger partial charge in [-0.25, -0.2) is 0 Å². The summed E-state index contributed by atoms with van der Waals surface area (Å²) in [7, 11) is 0. The maximum Gasteiger partial charge on any atom is 0.240 e. The highest BCUT2D eigenvalue weighted by atomic mass is 16.2. The fourth-order valence-corrected chi connectivity index (χ4v) is 2.33. The lowest BCUT2D eigenvalue weighted by Gasteiger charge is -2.32. The van der Waals surface area contributed by atoms with E-state index in [4.69, 9.17) is 5.73 Å². The van der Waals surface area contributed by atoms with Crippen LogP contribution in [-0.4, -0.2) is 22.9 Å². The van der Waals surface area contributed by atoms with Crippen molar-refractivity contribution >= 4 is 5.91 Å². The lowest BCUT2D eigenvalue weighted by Crippen LogP contribution is -2.50. The Bertz CT molecular complexity index is 486. The van der Waals surface area contributed by atoms with Crippen LogP contribution in [0.3, 0.4) is 0 Å². The number of amides is 1. The largest absolute Gasteiger partial charge is 0.334 e. The van der Waals surface area contributed by atoms with Gasteiger partial charge >= 0.3 is 0 Å². The molecule has 0 radical (unpaired) electrons. The number of nitrogens with zero attached hydrogens (tertiary/aromatic N) is 1. The van der Waals surface area contributed by atoms with E-state index < -0.39 is 6.04 Å². The molecule has 0 bridgehead atoms. The van der Waals surface area contributed by atoms with Gasteiger partial charge in [-0.2, -0.15) is 0 Å². The molecule has 2 N–H and O–H groups in total. The van der Waals surface area contributed by atoms with Crippen LogP contribution < -0.4 is 5.73 Å². The van der Waals surface area contributed by atoms with Crippen LogP contribution in [0.2, 0.25) is 0 Å². The summed E-state index contributed by atoms with van der Waals surface area (Å²) in [5.74, 6) is 0.0847. The van der Waals surface area contributed by atoms with Gasteiger partial charge < -0.3 is 10.6 Å². The van der Waals surface area contributed by atoms with E-state index >= 15 is 0 Å². The first kappa shape index (κ1) is 15.0. The summed E-state index contributed by atoms with van der Waals surface area (Å²) in [4.78, 5) is 14.6. The molecule has 0 saturated heterocycles. The molecule has 0 aromatic heterocycles. The van der Waals surface area contributed by atoms with Gasteiger partial charge in [0, 0.05) is 12.6 Å². The highest BCUT2D eigenvalue weighted by molar-refractivity contribution is 5.83. The predicted molar refractivity (Wildman–Crippen MR) is 82.2 cm³/mol. The third kappa shape index (κ3) is 3.60. The Balaban J connectivity index is 2.14. The standard InChI is InChI=1S/C17H26N2O/c1-12-6-5-7-13(10-12)11-19(14-8-9-14)16(20)15(18)17(2,3)4/h5-7,10,14-15H,8-9,11,18H2,1-4H3/t15-/m0/s1. The van der Waals surface area contributed by atoms with Crippen molar-refractivity contribution in [1.82, 2.24) is 4.90 Å². The van der Waals surface area contributed by atoms with Gasteiger partial charge in [0.2, 0.25) is 5.91 Å². The average molecular weight is 274 g/mol. The first-order valence-corrected chi connectivity index (χ1v) is 7.40. The van der Waals surface area contributed by atoms with Crippen molar-refractivity contribution in [2.75, 3.05) is 0 Å². The number of nitrogens with two attached hydrogens (primary N) is 1. The van der Waals surface area contributed by atoms with Gasteiger partial charge in [0.15, 0.2) is 0 Å². The van der Waals surface area contributed by atoms with Gasteiger partial charge in [-0.1, -0.05) is 50.6 Å². The number of benzene rings is 1. The van der Waals surface area contributed by atoms with Gasteiger partial charge in [-0.3, -0.25) is 4.79 Å². The normalized spacial score (nSPS) is 16.9. The first-order chi connectivity index (χ1) is 9.29. The SMILES string of the molecule is Cc1cccc(CN(C(=O)[C@H](N)C(C)(C)C)C2CC2)c1. The number of carbonyl (C=O) groups is 1. The molecule has 1 aliphatic carbocycles. The van der Waals surface area contributed by atoms with Crippen LogP contribution in [0.15, 0.2) is 24.3 Å². The molecule has 1 saturated carbocycles.